The molecule has 0 aliphatic carbocycles. The fraction of sp³-hybridized carbons (Fsp3) is 0. The number of benzene rings is 2. The number of fused-ring (bicyclic) bond motifs is 1. The zero-order valence-electron chi connectivity index (χ0n) is 10.9. The van der Waals surface area contributed by atoms with Gasteiger partial charge in [0.1, 0.15) is 11.3 Å². The molecule has 2 N–H and O–H groups in total. The van der Waals surface area contributed by atoms with Gasteiger partial charge in [0.2, 0.25) is 0 Å². The lowest BCUT2D eigenvalue weighted by Gasteiger charge is -2.14. The fourth-order valence-electron chi connectivity index (χ4n) is 2.29. The molecule has 0 aromatic heterocycles. The second-order valence-corrected chi connectivity index (χ2v) is 5.08. The van der Waals surface area contributed by atoms with Crippen LogP contribution < -0.4 is 4.90 Å². The van der Waals surface area contributed by atoms with Gasteiger partial charge in [-0.2, -0.15) is 0 Å². The first-order chi connectivity index (χ1) is 10.4. The standard InChI is InChI=1S/C15H8ClNO5/c16-7-1-3-9-11(5-7)14(20)17(13(9)19)8-2-4-10(15(21)22)12(18)6-8/h1-6,18H,(H,21,22). The Balaban J connectivity index is 2.08. The Kier molecular flexibility index (Phi) is 3.11. The number of halogens is 1. The van der Waals surface area contributed by atoms with Crippen molar-refractivity contribution >= 4 is 35.1 Å². The molecule has 0 saturated heterocycles. The number of anilines is 1. The van der Waals surface area contributed by atoms with E-state index < -0.39 is 23.5 Å². The second kappa shape index (κ2) is 4.85. The van der Waals surface area contributed by atoms with Gasteiger partial charge in [-0.3, -0.25) is 9.59 Å². The van der Waals surface area contributed by atoms with E-state index in [0.717, 1.165) is 17.0 Å². The van der Waals surface area contributed by atoms with Crippen molar-refractivity contribution in [3.63, 3.8) is 0 Å². The normalized spacial score (nSPS) is 13.4. The first-order valence-electron chi connectivity index (χ1n) is 6.15. The number of rotatable bonds is 2. The number of aromatic hydroxyl groups is 1. The number of hydrogen-bond donors (Lipinski definition) is 2. The van der Waals surface area contributed by atoms with Crippen molar-refractivity contribution in [1.82, 2.24) is 0 Å². The van der Waals surface area contributed by atoms with E-state index in [0.29, 0.717) is 5.02 Å². The first-order valence-corrected chi connectivity index (χ1v) is 6.52. The SMILES string of the molecule is O=C(O)c1ccc(N2C(=O)c3ccc(Cl)cc3C2=O)cc1O. The van der Waals surface area contributed by atoms with Gasteiger partial charge in [-0.15, -0.1) is 0 Å². The van der Waals surface area contributed by atoms with Gasteiger partial charge in [-0.1, -0.05) is 11.6 Å². The van der Waals surface area contributed by atoms with Crippen LogP contribution in [0.25, 0.3) is 0 Å². The Labute approximate surface area is 129 Å². The van der Waals surface area contributed by atoms with Crippen LogP contribution in [-0.2, 0) is 0 Å². The third kappa shape index (κ3) is 2.01. The van der Waals surface area contributed by atoms with E-state index in [1.807, 2.05) is 0 Å². The highest BCUT2D eigenvalue weighted by Gasteiger charge is 2.37. The van der Waals surface area contributed by atoms with E-state index in [1.165, 1.54) is 24.3 Å². The van der Waals surface area contributed by atoms with Crippen molar-refractivity contribution in [3.8, 4) is 5.75 Å². The van der Waals surface area contributed by atoms with Crippen LogP contribution in [0.2, 0.25) is 5.02 Å². The molecule has 2 aromatic carbocycles. The van der Waals surface area contributed by atoms with Gasteiger partial charge < -0.3 is 10.2 Å². The van der Waals surface area contributed by atoms with Crippen LogP contribution in [0.3, 0.4) is 0 Å². The summed E-state index contributed by atoms with van der Waals surface area (Å²) in [5.41, 5.74) is 0.142. The number of nitrogens with zero attached hydrogens (tertiary/aromatic N) is 1. The van der Waals surface area contributed by atoms with E-state index in [1.54, 1.807) is 0 Å². The quantitative estimate of drug-likeness (QED) is 0.830. The van der Waals surface area contributed by atoms with Crippen molar-refractivity contribution < 1.29 is 24.6 Å². The number of amides is 2. The molecule has 110 valence electrons. The predicted octanol–water partition coefficient (Wildman–Crippen LogP) is 2.54. The Morgan fingerprint density at radius 3 is 2.32 bits per heavy atom. The van der Waals surface area contributed by atoms with E-state index in [-0.39, 0.29) is 22.4 Å². The van der Waals surface area contributed by atoms with Gasteiger partial charge in [0.15, 0.2) is 0 Å². The molecule has 1 heterocycles. The van der Waals surface area contributed by atoms with E-state index in [2.05, 4.69) is 0 Å². The van der Waals surface area contributed by atoms with Crippen molar-refractivity contribution in [2.45, 2.75) is 0 Å². The summed E-state index contributed by atoms with van der Waals surface area (Å²) < 4.78 is 0. The van der Waals surface area contributed by atoms with E-state index in [9.17, 15) is 19.5 Å². The van der Waals surface area contributed by atoms with Gasteiger partial charge in [0.25, 0.3) is 11.8 Å². The minimum atomic E-state index is -1.31. The van der Waals surface area contributed by atoms with Crippen LogP contribution >= 0.6 is 11.6 Å². The highest BCUT2D eigenvalue weighted by molar-refractivity contribution is 6.36. The second-order valence-electron chi connectivity index (χ2n) is 4.64. The third-order valence-corrected chi connectivity index (χ3v) is 3.55. The number of aromatic carboxylic acids is 1. The number of hydrogen-bond acceptors (Lipinski definition) is 4. The smallest absolute Gasteiger partial charge is 0.339 e. The maximum atomic E-state index is 12.3. The summed E-state index contributed by atoms with van der Waals surface area (Å²) >= 11 is 5.82. The Morgan fingerprint density at radius 2 is 1.68 bits per heavy atom. The third-order valence-electron chi connectivity index (χ3n) is 3.32. The van der Waals surface area contributed by atoms with Crippen LogP contribution in [0.1, 0.15) is 31.1 Å². The lowest BCUT2D eigenvalue weighted by molar-refractivity contribution is 0.0693. The minimum absolute atomic E-state index is 0.0878. The Bertz CT molecular complexity index is 846. The molecule has 1 aliphatic rings. The maximum Gasteiger partial charge on any atom is 0.339 e. The molecular formula is C15H8ClNO5. The topological polar surface area (TPSA) is 94.9 Å². The fourth-order valence-corrected chi connectivity index (χ4v) is 2.46. The van der Waals surface area contributed by atoms with Crippen molar-refractivity contribution in [1.29, 1.82) is 0 Å². The summed E-state index contributed by atoms with van der Waals surface area (Å²) in [6.07, 6.45) is 0. The van der Waals surface area contributed by atoms with Crippen LogP contribution in [-0.4, -0.2) is 28.0 Å². The van der Waals surface area contributed by atoms with Gasteiger partial charge in [-0.25, -0.2) is 9.69 Å². The number of carbonyl (C=O) groups excluding carboxylic acids is 2. The van der Waals surface area contributed by atoms with Crippen LogP contribution in [0.4, 0.5) is 5.69 Å². The highest BCUT2D eigenvalue weighted by atomic mass is 35.5. The molecule has 0 bridgehead atoms. The molecule has 2 aromatic rings. The lowest BCUT2D eigenvalue weighted by Crippen LogP contribution is -2.29. The van der Waals surface area contributed by atoms with E-state index in [4.69, 9.17) is 16.7 Å². The molecule has 0 fully saturated rings. The largest absolute Gasteiger partial charge is 0.507 e. The van der Waals surface area contributed by atoms with Crippen molar-refractivity contribution in [2.24, 2.45) is 0 Å². The Morgan fingerprint density at radius 1 is 1.00 bits per heavy atom. The van der Waals surface area contributed by atoms with Crippen molar-refractivity contribution in [2.75, 3.05) is 4.90 Å². The maximum absolute atomic E-state index is 12.3. The van der Waals surface area contributed by atoms with Crippen LogP contribution in [0.5, 0.6) is 5.75 Å². The summed E-state index contributed by atoms with van der Waals surface area (Å²) in [5, 5.41) is 18.9. The molecule has 2 amide bonds. The van der Waals surface area contributed by atoms with Gasteiger partial charge in [0, 0.05) is 11.1 Å². The van der Waals surface area contributed by atoms with Crippen LogP contribution in [0, 0.1) is 0 Å². The summed E-state index contributed by atoms with van der Waals surface area (Å²) in [7, 11) is 0. The lowest BCUT2D eigenvalue weighted by atomic mass is 10.1. The summed E-state index contributed by atoms with van der Waals surface area (Å²) in [4.78, 5) is 36.4. The molecule has 7 heteroatoms. The molecule has 0 atom stereocenters. The number of imide groups is 1. The average molecular weight is 318 g/mol. The van der Waals surface area contributed by atoms with Gasteiger partial charge in [-0.05, 0) is 30.3 Å². The van der Waals surface area contributed by atoms with Crippen LogP contribution in [0.15, 0.2) is 36.4 Å². The van der Waals surface area contributed by atoms with Crippen molar-refractivity contribution in [3.05, 3.63) is 58.1 Å². The number of carboxylic acids is 1. The monoisotopic (exact) mass is 317 g/mol. The Hall–Kier alpha value is -2.86. The molecule has 0 unspecified atom stereocenters. The zero-order chi connectivity index (χ0) is 16.0. The molecule has 0 radical (unpaired) electrons. The molecular weight excluding hydrogens is 310 g/mol. The molecule has 3 rings (SSSR count). The molecule has 1 aliphatic heterocycles. The van der Waals surface area contributed by atoms with E-state index >= 15 is 0 Å². The molecule has 6 nitrogen and oxygen atoms in total. The summed E-state index contributed by atoms with van der Waals surface area (Å²) in [5.74, 6) is -2.97. The summed E-state index contributed by atoms with van der Waals surface area (Å²) in [6.45, 7) is 0. The first kappa shape index (κ1) is 14.1. The zero-order valence-corrected chi connectivity index (χ0v) is 11.7. The molecule has 0 saturated carbocycles. The summed E-state index contributed by atoms with van der Waals surface area (Å²) in [6, 6.07) is 7.81. The number of carbonyl (C=O) groups is 3. The highest BCUT2D eigenvalue weighted by Crippen LogP contribution is 2.32. The molecule has 0 spiro atoms. The minimum Gasteiger partial charge on any atom is -0.507 e. The predicted molar refractivity (Wildman–Crippen MR) is 77.7 cm³/mol. The van der Waals surface area contributed by atoms with Gasteiger partial charge >= 0.3 is 5.97 Å². The number of phenols is 1. The average Bonchev–Trinajstić information content (AvgIpc) is 2.70. The number of carboxylic acid groups (broad SMARTS) is 1. The van der Waals surface area contributed by atoms with Gasteiger partial charge in [0.05, 0.1) is 16.8 Å². The molecule has 22 heavy (non-hydrogen) atoms.